The van der Waals surface area contributed by atoms with Crippen molar-refractivity contribution in [2.75, 3.05) is 23.7 Å². The first-order valence-corrected chi connectivity index (χ1v) is 8.36. The number of methoxy groups -OCH3 is 1. The van der Waals surface area contributed by atoms with E-state index in [4.69, 9.17) is 10.5 Å². The molecule has 29 heavy (non-hydrogen) atoms. The first kappa shape index (κ1) is 19.4. The standard InChI is InChI=1S/C18H18N8O3/c1-29-13-5-3-2-4-12(13)18(28)26-24-16-14(19)15(21-10-22-16)23-25-17(27)11-6-8-20-9-7-11/h2-10H,19H2,1H3,(H,25,27)(H,26,28)(H2,21,22,23,24). The third kappa shape index (κ3) is 4.66. The molecule has 0 fully saturated rings. The number of hydrogen-bond donors (Lipinski definition) is 5. The molecule has 1 aromatic carbocycles. The SMILES string of the molecule is COc1ccccc1C(=O)NNc1ncnc(NNC(=O)c2ccncc2)c1N. The lowest BCUT2D eigenvalue weighted by molar-refractivity contribution is 0.0953. The lowest BCUT2D eigenvalue weighted by Gasteiger charge is -2.14. The molecular weight excluding hydrogens is 376 g/mol. The number of pyridine rings is 1. The van der Waals surface area contributed by atoms with Gasteiger partial charge in [-0.05, 0) is 24.3 Å². The Balaban J connectivity index is 1.64. The quantitative estimate of drug-likeness (QED) is 0.368. The van der Waals surface area contributed by atoms with Crippen LogP contribution in [-0.2, 0) is 0 Å². The van der Waals surface area contributed by atoms with E-state index in [1.807, 2.05) is 0 Å². The van der Waals surface area contributed by atoms with Crippen molar-refractivity contribution in [2.45, 2.75) is 0 Å². The lowest BCUT2D eigenvalue weighted by Crippen LogP contribution is -2.32. The Morgan fingerprint density at radius 3 is 2.21 bits per heavy atom. The predicted molar refractivity (Wildman–Crippen MR) is 106 cm³/mol. The zero-order valence-electron chi connectivity index (χ0n) is 15.3. The van der Waals surface area contributed by atoms with Crippen LogP contribution in [0.2, 0.25) is 0 Å². The van der Waals surface area contributed by atoms with E-state index in [9.17, 15) is 9.59 Å². The minimum Gasteiger partial charge on any atom is -0.496 e. The molecular formula is C18H18N8O3. The summed E-state index contributed by atoms with van der Waals surface area (Å²) in [5.74, 6) is -0.130. The number of nitrogens with two attached hydrogens (primary N) is 1. The van der Waals surface area contributed by atoms with E-state index in [0.717, 1.165) is 0 Å². The summed E-state index contributed by atoms with van der Waals surface area (Å²) in [5.41, 5.74) is 17.0. The fourth-order valence-corrected chi connectivity index (χ4v) is 2.30. The molecule has 6 N–H and O–H groups in total. The van der Waals surface area contributed by atoms with Crippen LogP contribution < -0.4 is 32.2 Å². The molecule has 0 unspecified atom stereocenters. The maximum atomic E-state index is 12.4. The van der Waals surface area contributed by atoms with E-state index < -0.39 is 11.8 Å². The van der Waals surface area contributed by atoms with Gasteiger partial charge in [0, 0.05) is 18.0 Å². The van der Waals surface area contributed by atoms with E-state index in [-0.39, 0.29) is 17.3 Å². The number of ether oxygens (including phenoxy) is 1. The van der Waals surface area contributed by atoms with Crippen LogP contribution in [0.3, 0.4) is 0 Å². The van der Waals surface area contributed by atoms with Gasteiger partial charge in [-0.25, -0.2) is 9.97 Å². The largest absolute Gasteiger partial charge is 0.496 e. The first-order chi connectivity index (χ1) is 14.1. The van der Waals surface area contributed by atoms with Crippen molar-refractivity contribution in [1.29, 1.82) is 0 Å². The fraction of sp³-hybridized carbons (Fsp3) is 0.0556. The maximum absolute atomic E-state index is 12.4. The number of carbonyl (C=O) groups is 2. The molecule has 11 nitrogen and oxygen atoms in total. The minimum absolute atomic E-state index is 0.0860. The molecule has 2 amide bonds. The number of nitrogen functional groups attached to an aromatic ring is 1. The van der Waals surface area contributed by atoms with Gasteiger partial charge in [0.15, 0.2) is 11.6 Å². The second kappa shape index (κ2) is 8.99. The summed E-state index contributed by atoms with van der Waals surface area (Å²) in [5, 5.41) is 0. The van der Waals surface area contributed by atoms with Crippen molar-refractivity contribution in [3.63, 3.8) is 0 Å². The van der Waals surface area contributed by atoms with Crippen LogP contribution in [0.1, 0.15) is 20.7 Å². The number of carbonyl (C=O) groups excluding carboxylic acids is 2. The van der Waals surface area contributed by atoms with Crippen molar-refractivity contribution in [3.8, 4) is 5.75 Å². The molecule has 0 saturated carbocycles. The molecule has 2 heterocycles. The summed E-state index contributed by atoms with van der Waals surface area (Å²) < 4.78 is 5.16. The van der Waals surface area contributed by atoms with E-state index in [2.05, 4.69) is 36.7 Å². The van der Waals surface area contributed by atoms with E-state index in [0.29, 0.717) is 16.9 Å². The predicted octanol–water partition coefficient (Wildman–Crippen LogP) is 0.976. The van der Waals surface area contributed by atoms with E-state index in [1.54, 1.807) is 36.4 Å². The van der Waals surface area contributed by atoms with Gasteiger partial charge >= 0.3 is 0 Å². The average molecular weight is 394 g/mol. The molecule has 0 aliphatic carbocycles. The smallest absolute Gasteiger partial charge is 0.273 e. The zero-order chi connectivity index (χ0) is 20.6. The molecule has 0 radical (unpaired) electrons. The van der Waals surface area contributed by atoms with Gasteiger partial charge in [0.25, 0.3) is 11.8 Å². The normalized spacial score (nSPS) is 9.97. The van der Waals surface area contributed by atoms with Gasteiger partial charge < -0.3 is 10.5 Å². The Morgan fingerprint density at radius 1 is 0.931 bits per heavy atom. The number of anilines is 3. The maximum Gasteiger partial charge on any atom is 0.273 e. The third-order valence-electron chi connectivity index (χ3n) is 3.77. The van der Waals surface area contributed by atoms with Crippen molar-refractivity contribution in [2.24, 2.45) is 0 Å². The van der Waals surface area contributed by atoms with Crippen LogP contribution in [0.5, 0.6) is 5.75 Å². The van der Waals surface area contributed by atoms with Gasteiger partial charge in [0.1, 0.15) is 17.8 Å². The molecule has 0 aliphatic rings. The van der Waals surface area contributed by atoms with Gasteiger partial charge in [0.2, 0.25) is 0 Å². The number of hydrogen-bond acceptors (Lipinski definition) is 9. The number of aromatic nitrogens is 3. The number of nitrogens with zero attached hydrogens (tertiary/aromatic N) is 3. The number of para-hydroxylation sites is 1. The molecule has 0 bridgehead atoms. The minimum atomic E-state index is -0.444. The van der Waals surface area contributed by atoms with Gasteiger partial charge in [-0.15, -0.1) is 0 Å². The van der Waals surface area contributed by atoms with Crippen LogP contribution in [0.25, 0.3) is 0 Å². The number of amides is 2. The highest BCUT2D eigenvalue weighted by molar-refractivity contribution is 5.98. The molecule has 0 atom stereocenters. The molecule has 2 aromatic heterocycles. The Labute approximate surface area is 165 Å². The van der Waals surface area contributed by atoms with E-state index >= 15 is 0 Å². The molecule has 11 heteroatoms. The second-order valence-electron chi connectivity index (χ2n) is 5.58. The highest BCUT2D eigenvalue weighted by Gasteiger charge is 2.14. The average Bonchev–Trinajstić information content (AvgIpc) is 2.77. The molecule has 0 spiro atoms. The topological polar surface area (TPSA) is 156 Å². The molecule has 3 rings (SSSR count). The third-order valence-corrected chi connectivity index (χ3v) is 3.77. The Bertz CT molecular complexity index is 1010. The Morgan fingerprint density at radius 2 is 1.55 bits per heavy atom. The van der Waals surface area contributed by atoms with Gasteiger partial charge in [-0.1, -0.05) is 12.1 Å². The summed E-state index contributed by atoms with van der Waals surface area (Å²) in [4.78, 5) is 36.2. The Kier molecular flexibility index (Phi) is 6.00. The van der Waals surface area contributed by atoms with Crippen molar-refractivity contribution in [1.82, 2.24) is 25.8 Å². The van der Waals surface area contributed by atoms with Crippen molar-refractivity contribution in [3.05, 3.63) is 66.2 Å². The van der Waals surface area contributed by atoms with Gasteiger partial charge in [-0.2, -0.15) is 0 Å². The van der Waals surface area contributed by atoms with Crippen LogP contribution in [0.4, 0.5) is 17.3 Å². The molecule has 0 saturated heterocycles. The molecule has 0 aliphatic heterocycles. The van der Waals surface area contributed by atoms with Crippen LogP contribution in [0, 0.1) is 0 Å². The summed E-state index contributed by atoms with van der Waals surface area (Å²) in [6, 6.07) is 9.86. The monoisotopic (exact) mass is 394 g/mol. The molecule has 3 aromatic rings. The first-order valence-electron chi connectivity index (χ1n) is 8.36. The van der Waals surface area contributed by atoms with Crippen molar-refractivity contribution < 1.29 is 14.3 Å². The van der Waals surface area contributed by atoms with Gasteiger partial charge in [0.05, 0.1) is 12.7 Å². The second-order valence-corrected chi connectivity index (χ2v) is 5.58. The summed E-state index contributed by atoms with van der Waals surface area (Å²) in [7, 11) is 1.47. The summed E-state index contributed by atoms with van der Waals surface area (Å²) >= 11 is 0. The lowest BCUT2D eigenvalue weighted by atomic mass is 10.2. The van der Waals surface area contributed by atoms with Gasteiger partial charge in [-0.3, -0.25) is 36.3 Å². The Hall–Kier alpha value is -4.41. The number of hydrazine groups is 2. The van der Waals surface area contributed by atoms with Crippen LogP contribution >= 0.6 is 0 Å². The number of nitrogens with one attached hydrogen (secondary N) is 4. The molecule has 148 valence electrons. The zero-order valence-corrected chi connectivity index (χ0v) is 15.3. The van der Waals surface area contributed by atoms with Crippen LogP contribution in [-0.4, -0.2) is 33.9 Å². The highest BCUT2D eigenvalue weighted by atomic mass is 16.5. The fourth-order valence-electron chi connectivity index (χ4n) is 2.30. The van der Waals surface area contributed by atoms with E-state index in [1.165, 1.54) is 25.8 Å². The number of rotatable bonds is 7. The van der Waals surface area contributed by atoms with Crippen LogP contribution in [0.15, 0.2) is 55.1 Å². The number of benzene rings is 1. The highest BCUT2D eigenvalue weighted by Crippen LogP contribution is 2.21. The summed E-state index contributed by atoms with van der Waals surface area (Å²) in [6.45, 7) is 0. The van der Waals surface area contributed by atoms with Crippen molar-refractivity contribution >= 4 is 29.1 Å². The summed E-state index contributed by atoms with van der Waals surface area (Å²) in [6.07, 6.45) is 4.22.